The second kappa shape index (κ2) is 9.46. The van der Waals surface area contributed by atoms with Crippen LogP contribution in [0.2, 0.25) is 0 Å². The Morgan fingerprint density at radius 2 is 1.81 bits per heavy atom. The van der Waals surface area contributed by atoms with E-state index in [1.807, 2.05) is 0 Å². The van der Waals surface area contributed by atoms with Crippen molar-refractivity contribution in [3.8, 4) is 17.2 Å². The van der Waals surface area contributed by atoms with Gasteiger partial charge in [0, 0.05) is 18.5 Å². The van der Waals surface area contributed by atoms with E-state index in [-0.39, 0.29) is 12.4 Å². The Labute approximate surface area is 156 Å². The first-order valence-corrected chi connectivity index (χ1v) is 8.33. The molecule has 1 aromatic carbocycles. The molecule has 0 aliphatic carbocycles. The molecule has 3 rings (SSSR count). The number of carbonyl (C=O) groups is 2. The van der Waals surface area contributed by atoms with Crippen LogP contribution >= 0.6 is 0 Å². The molecule has 2 N–H and O–H groups in total. The number of aryl methyl sites for hydroxylation is 1. The van der Waals surface area contributed by atoms with Gasteiger partial charge in [-0.2, -0.15) is 0 Å². The number of anilines is 1. The molecular weight excluding hydrogens is 354 g/mol. The lowest BCUT2D eigenvalue weighted by Crippen LogP contribution is -2.18. The summed E-state index contributed by atoms with van der Waals surface area (Å²) in [5, 5.41) is 9.80. The van der Waals surface area contributed by atoms with Gasteiger partial charge in [0.1, 0.15) is 11.6 Å². The highest BCUT2D eigenvalue weighted by molar-refractivity contribution is 6.04. The summed E-state index contributed by atoms with van der Waals surface area (Å²) in [7, 11) is 4.57. The Balaban J connectivity index is 0.000000817. The molecule has 0 fully saturated rings. The van der Waals surface area contributed by atoms with Crippen LogP contribution in [-0.2, 0) is 17.8 Å². The first kappa shape index (κ1) is 20.1. The molecule has 1 aliphatic heterocycles. The number of hydrogen-bond donors (Lipinski definition) is 2. The highest BCUT2D eigenvalue weighted by atomic mass is 16.5. The summed E-state index contributed by atoms with van der Waals surface area (Å²) >= 11 is 0. The molecule has 0 radical (unpaired) electrons. The second-order valence-electron chi connectivity index (χ2n) is 5.64. The minimum Gasteiger partial charge on any atom is -0.493 e. The Morgan fingerprint density at radius 1 is 1.19 bits per heavy atom. The number of ether oxygens (including phenoxy) is 3. The Kier molecular flexibility index (Phi) is 7.04. The molecule has 0 unspecified atom stereocenters. The maximum atomic E-state index is 12.6. The van der Waals surface area contributed by atoms with Crippen molar-refractivity contribution >= 4 is 18.2 Å². The average molecular weight is 377 g/mol. The van der Waals surface area contributed by atoms with Gasteiger partial charge in [-0.25, -0.2) is 4.98 Å². The van der Waals surface area contributed by atoms with Crippen LogP contribution in [0.4, 0.5) is 5.82 Å². The Bertz CT molecular complexity index is 777. The molecule has 0 saturated heterocycles. The smallest absolute Gasteiger partial charge is 0.290 e. The maximum Gasteiger partial charge on any atom is 0.290 e. The maximum absolute atomic E-state index is 12.6. The number of rotatable bonds is 5. The van der Waals surface area contributed by atoms with Crippen molar-refractivity contribution in [1.82, 2.24) is 9.55 Å². The third-order valence-corrected chi connectivity index (χ3v) is 4.14. The summed E-state index contributed by atoms with van der Waals surface area (Å²) in [5.74, 6) is 2.82. The van der Waals surface area contributed by atoms with E-state index in [1.54, 1.807) is 18.3 Å². The van der Waals surface area contributed by atoms with Gasteiger partial charge < -0.3 is 29.2 Å². The van der Waals surface area contributed by atoms with E-state index in [0.717, 1.165) is 31.6 Å². The van der Waals surface area contributed by atoms with Gasteiger partial charge in [-0.1, -0.05) is 0 Å². The number of methoxy groups -OCH3 is 3. The van der Waals surface area contributed by atoms with Crippen molar-refractivity contribution < 1.29 is 28.9 Å². The van der Waals surface area contributed by atoms with Crippen LogP contribution in [0.3, 0.4) is 0 Å². The fourth-order valence-electron chi connectivity index (χ4n) is 2.92. The predicted octanol–water partition coefficient (Wildman–Crippen LogP) is 2.20. The van der Waals surface area contributed by atoms with Gasteiger partial charge in [0.25, 0.3) is 12.4 Å². The van der Waals surface area contributed by atoms with Gasteiger partial charge in [-0.3, -0.25) is 9.59 Å². The second-order valence-corrected chi connectivity index (χ2v) is 5.64. The number of carboxylic acid groups (broad SMARTS) is 1. The van der Waals surface area contributed by atoms with Gasteiger partial charge >= 0.3 is 0 Å². The van der Waals surface area contributed by atoms with Gasteiger partial charge in [0.05, 0.1) is 27.5 Å². The highest BCUT2D eigenvalue weighted by Gasteiger charge is 2.19. The van der Waals surface area contributed by atoms with E-state index in [0.29, 0.717) is 28.6 Å². The van der Waals surface area contributed by atoms with Gasteiger partial charge in [-0.05, 0) is 25.0 Å². The molecule has 0 saturated carbocycles. The third-order valence-electron chi connectivity index (χ3n) is 4.14. The molecular formula is C18H23N3O6. The lowest BCUT2D eigenvalue weighted by atomic mass is 10.1. The van der Waals surface area contributed by atoms with Crippen molar-refractivity contribution in [3.63, 3.8) is 0 Å². The minimum atomic E-state index is -0.250. The van der Waals surface area contributed by atoms with Gasteiger partial charge in [-0.15, -0.1) is 0 Å². The van der Waals surface area contributed by atoms with E-state index in [9.17, 15) is 4.79 Å². The number of carbonyl (C=O) groups excluding carboxylic acids is 1. The van der Waals surface area contributed by atoms with Crippen LogP contribution in [0, 0.1) is 0 Å². The number of amides is 1. The number of nitrogens with zero attached hydrogens (tertiary/aromatic N) is 2. The molecule has 0 atom stereocenters. The number of aromatic nitrogens is 2. The molecule has 0 spiro atoms. The summed E-state index contributed by atoms with van der Waals surface area (Å²) in [6.07, 6.45) is 4.88. The van der Waals surface area contributed by atoms with Crippen LogP contribution < -0.4 is 19.5 Å². The molecule has 0 bridgehead atoms. The molecule has 9 heteroatoms. The monoisotopic (exact) mass is 377 g/mol. The van der Waals surface area contributed by atoms with E-state index < -0.39 is 0 Å². The lowest BCUT2D eigenvalue weighted by Gasteiger charge is -2.17. The van der Waals surface area contributed by atoms with E-state index in [2.05, 4.69) is 14.9 Å². The van der Waals surface area contributed by atoms with E-state index >= 15 is 0 Å². The molecule has 2 heterocycles. The third kappa shape index (κ3) is 4.49. The van der Waals surface area contributed by atoms with E-state index in [1.165, 1.54) is 21.3 Å². The predicted molar refractivity (Wildman–Crippen MR) is 97.9 cm³/mol. The first-order chi connectivity index (χ1) is 13.1. The minimum absolute atomic E-state index is 0.248. The van der Waals surface area contributed by atoms with Crippen molar-refractivity contribution in [2.24, 2.45) is 0 Å². The zero-order chi connectivity index (χ0) is 19.8. The molecule has 1 aromatic heterocycles. The topological polar surface area (TPSA) is 112 Å². The van der Waals surface area contributed by atoms with Crippen molar-refractivity contribution in [3.05, 3.63) is 29.7 Å². The number of nitrogens with one attached hydrogen (secondary N) is 1. The van der Waals surface area contributed by atoms with Crippen LogP contribution in [-0.4, -0.2) is 48.4 Å². The number of hydrogen-bond acceptors (Lipinski definition) is 6. The lowest BCUT2D eigenvalue weighted by molar-refractivity contribution is -0.122. The first-order valence-electron chi connectivity index (χ1n) is 8.33. The summed E-state index contributed by atoms with van der Waals surface area (Å²) in [6, 6.07) is 3.26. The average Bonchev–Trinajstić information content (AvgIpc) is 3.10. The summed E-state index contributed by atoms with van der Waals surface area (Å²) < 4.78 is 17.9. The van der Waals surface area contributed by atoms with E-state index in [4.69, 9.17) is 24.1 Å². The quantitative estimate of drug-likeness (QED) is 0.768. The van der Waals surface area contributed by atoms with Crippen molar-refractivity contribution in [1.29, 1.82) is 0 Å². The number of fused-ring (bicyclic) bond motifs is 1. The van der Waals surface area contributed by atoms with Crippen molar-refractivity contribution in [2.75, 3.05) is 26.6 Å². The standard InChI is InChI=1S/C17H21N3O4.CH2O2/c1-22-12-8-11(9-13(23-2)16(12)24-3)17(21)19-15-10-18-14-6-4-5-7-20(14)15;2-1-3/h8-10H,4-7H2,1-3H3,(H,19,21);1H,(H,2,3). The largest absolute Gasteiger partial charge is 0.493 e. The summed E-state index contributed by atoms with van der Waals surface area (Å²) in [4.78, 5) is 25.4. The van der Waals surface area contributed by atoms with Crippen LogP contribution in [0.1, 0.15) is 29.0 Å². The fraction of sp³-hybridized carbons (Fsp3) is 0.389. The van der Waals surface area contributed by atoms with Crippen LogP contribution in [0.5, 0.6) is 17.2 Å². The van der Waals surface area contributed by atoms with Gasteiger partial charge in [0.15, 0.2) is 11.5 Å². The summed E-state index contributed by atoms with van der Waals surface area (Å²) in [6.45, 7) is 0.625. The molecule has 2 aromatic rings. The molecule has 27 heavy (non-hydrogen) atoms. The number of benzene rings is 1. The molecule has 1 amide bonds. The van der Waals surface area contributed by atoms with Crippen LogP contribution in [0.25, 0.3) is 0 Å². The zero-order valence-electron chi connectivity index (χ0n) is 15.5. The van der Waals surface area contributed by atoms with Crippen molar-refractivity contribution in [2.45, 2.75) is 25.8 Å². The molecule has 9 nitrogen and oxygen atoms in total. The van der Waals surface area contributed by atoms with Gasteiger partial charge in [0.2, 0.25) is 5.75 Å². The number of imidazole rings is 1. The molecule has 146 valence electrons. The Morgan fingerprint density at radius 3 is 2.37 bits per heavy atom. The normalized spacial score (nSPS) is 12.1. The summed E-state index contributed by atoms with van der Waals surface area (Å²) in [5.41, 5.74) is 0.427. The Hall–Kier alpha value is -3.23. The zero-order valence-corrected chi connectivity index (χ0v) is 15.5. The fourth-order valence-corrected chi connectivity index (χ4v) is 2.92. The highest BCUT2D eigenvalue weighted by Crippen LogP contribution is 2.38. The molecule has 1 aliphatic rings. The van der Waals surface area contributed by atoms with Crippen LogP contribution in [0.15, 0.2) is 18.3 Å². The SMILES string of the molecule is COc1cc(C(=O)Nc2cnc3n2CCCC3)cc(OC)c1OC.O=CO.